The van der Waals surface area contributed by atoms with Gasteiger partial charge in [0.1, 0.15) is 0 Å². The molecule has 0 aliphatic heterocycles. The lowest BCUT2D eigenvalue weighted by Gasteiger charge is -2.20. The van der Waals surface area contributed by atoms with E-state index in [4.69, 9.17) is 0 Å². The van der Waals surface area contributed by atoms with Gasteiger partial charge in [0.05, 0.1) is 0 Å². The van der Waals surface area contributed by atoms with Crippen LogP contribution in [0, 0.1) is 17.8 Å². The molecule has 0 fully saturated rings. The lowest BCUT2D eigenvalue weighted by molar-refractivity contribution is 0.359. The average molecular weight is 239 g/mol. The number of hydrogen-bond donors (Lipinski definition) is 1. The highest BCUT2D eigenvalue weighted by Crippen LogP contribution is 2.19. The van der Waals surface area contributed by atoms with Crippen LogP contribution in [0.25, 0.3) is 0 Å². The second kappa shape index (κ2) is 7.08. The minimum Gasteiger partial charge on any atom is -0.316 e. The highest BCUT2D eigenvalue weighted by Gasteiger charge is 2.13. The Morgan fingerprint density at radius 2 is 1.88 bits per heavy atom. The van der Waals surface area contributed by atoms with Gasteiger partial charge in [-0.15, -0.1) is 11.3 Å². The van der Waals surface area contributed by atoms with E-state index in [9.17, 15) is 0 Å². The molecule has 0 saturated heterocycles. The molecule has 1 rings (SSSR count). The van der Waals surface area contributed by atoms with Crippen molar-refractivity contribution in [1.82, 2.24) is 5.32 Å². The Balaban J connectivity index is 2.22. The fourth-order valence-corrected chi connectivity index (χ4v) is 2.60. The van der Waals surface area contributed by atoms with Crippen LogP contribution in [-0.4, -0.2) is 13.1 Å². The van der Waals surface area contributed by atoms with Crippen LogP contribution in [0.5, 0.6) is 0 Å². The number of thiophene rings is 1. The zero-order valence-electron chi connectivity index (χ0n) is 11.0. The molecule has 0 bridgehead atoms. The van der Waals surface area contributed by atoms with Gasteiger partial charge in [-0.25, -0.2) is 0 Å². The van der Waals surface area contributed by atoms with Gasteiger partial charge in [-0.1, -0.05) is 33.8 Å². The molecule has 1 nitrogen and oxygen atoms in total. The van der Waals surface area contributed by atoms with E-state index in [0.29, 0.717) is 0 Å². The summed E-state index contributed by atoms with van der Waals surface area (Å²) in [4.78, 5) is 1.52. The molecule has 16 heavy (non-hydrogen) atoms. The first-order valence-electron chi connectivity index (χ1n) is 6.32. The Kier molecular flexibility index (Phi) is 6.07. The molecule has 0 aromatic carbocycles. The maximum absolute atomic E-state index is 3.55. The second-order valence-electron chi connectivity index (χ2n) is 5.29. The second-order valence-corrected chi connectivity index (χ2v) is 6.32. The van der Waals surface area contributed by atoms with Gasteiger partial charge < -0.3 is 5.32 Å². The fourth-order valence-electron chi connectivity index (χ4n) is 1.75. The first-order chi connectivity index (χ1) is 7.59. The monoisotopic (exact) mass is 239 g/mol. The summed E-state index contributed by atoms with van der Waals surface area (Å²) in [6.45, 7) is 11.5. The molecule has 2 heteroatoms. The SMILES string of the molecule is CC(C)CNCC(C)C(C)Cc1cccs1. The van der Waals surface area contributed by atoms with E-state index in [1.54, 1.807) is 0 Å². The molecule has 0 aliphatic carbocycles. The van der Waals surface area contributed by atoms with Gasteiger partial charge >= 0.3 is 0 Å². The molecule has 92 valence electrons. The average Bonchev–Trinajstić information content (AvgIpc) is 2.69. The molecular weight excluding hydrogens is 214 g/mol. The Hall–Kier alpha value is -0.340. The van der Waals surface area contributed by atoms with Crippen molar-refractivity contribution in [3.63, 3.8) is 0 Å². The summed E-state index contributed by atoms with van der Waals surface area (Å²) >= 11 is 1.88. The third-order valence-electron chi connectivity index (χ3n) is 3.09. The van der Waals surface area contributed by atoms with Crippen molar-refractivity contribution in [1.29, 1.82) is 0 Å². The third-order valence-corrected chi connectivity index (χ3v) is 3.99. The Labute approximate surface area is 104 Å². The largest absolute Gasteiger partial charge is 0.316 e. The summed E-state index contributed by atoms with van der Waals surface area (Å²) in [6, 6.07) is 4.39. The summed E-state index contributed by atoms with van der Waals surface area (Å²) in [5.74, 6) is 2.26. The van der Waals surface area contributed by atoms with E-state index < -0.39 is 0 Å². The van der Waals surface area contributed by atoms with Crippen LogP contribution in [0.3, 0.4) is 0 Å². The molecule has 2 atom stereocenters. The molecule has 2 unspecified atom stereocenters. The van der Waals surface area contributed by atoms with Gasteiger partial charge in [0.15, 0.2) is 0 Å². The maximum atomic E-state index is 3.55. The topological polar surface area (TPSA) is 12.0 Å². The zero-order valence-corrected chi connectivity index (χ0v) is 11.8. The normalized spacial score (nSPS) is 15.3. The van der Waals surface area contributed by atoms with Crippen LogP contribution in [0.1, 0.15) is 32.6 Å². The van der Waals surface area contributed by atoms with E-state index in [1.165, 1.54) is 11.3 Å². The van der Waals surface area contributed by atoms with Crippen LogP contribution in [-0.2, 0) is 6.42 Å². The van der Waals surface area contributed by atoms with Gasteiger partial charge in [-0.3, -0.25) is 0 Å². The molecule has 0 amide bonds. The molecule has 0 radical (unpaired) electrons. The Morgan fingerprint density at radius 1 is 1.12 bits per heavy atom. The van der Waals surface area contributed by atoms with Gasteiger partial charge in [0.2, 0.25) is 0 Å². The molecule has 1 N–H and O–H groups in total. The summed E-state index contributed by atoms with van der Waals surface area (Å²) in [7, 11) is 0. The smallest absolute Gasteiger partial charge is 0.00479 e. The summed E-state index contributed by atoms with van der Waals surface area (Å²) in [5, 5.41) is 5.72. The van der Waals surface area contributed by atoms with Crippen molar-refractivity contribution in [3.05, 3.63) is 22.4 Å². The highest BCUT2D eigenvalue weighted by molar-refractivity contribution is 7.09. The molecule has 1 aromatic rings. The van der Waals surface area contributed by atoms with Crippen LogP contribution >= 0.6 is 11.3 Å². The van der Waals surface area contributed by atoms with Gasteiger partial charge in [0.25, 0.3) is 0 Å². The molecule has 0 aliphatic rings. The van der Waals surface area contributed by atoms with E-state index in [1.807, 2.05) is 11.3 Å². The first-order valence-corrected chi connectivity index (χ1v) is 7.20. The van der Waals surface area contributed by atoms with E-state index in [2.05, 4.69) is 50.5 Å². The Morgan fingerprint density at radius 3 is 2.44 bits per heavy atom. The predicted molar refractivity (Wildman–Crippen MR) is 74.1 cm³/mol. The minimum absolute atomic E-state index is 0.750. The van der Waals surface area contributed by atoms with Crippen LogP contribution in [0.4, 0.5) is 0 Å². The third kappa shape index (κ3) is 5.13. The van der Waals surface area contributed by atoms with Crippen LogP contribution in [0.15, 0.2) is 17.5 Å². The van der Waals surface area contributed by atoms with E-state index >= 15 is 0 Å². The zero-order chi connectivity index (χ0) is 12.0. The van der Waals surface area contributed by atoms with Crippen molar-refractivity contribution in [3.8, 4) is 0 Å². The molecule has 0 spiro atoms. The fraction of sp³-hybridized carbons (Fsp3) is 0.714. The van der Waals surface area contributed by atoms with E-state index in [-0.39, 0.29) is 0 Å². The van der Waals surface area contributed by atoms with Crippen molar-refractivity contribution in [2.75, 3.05) is 13.1 Å². The summed E-state index contributed by atoms with van der Waals surface area (Å²) < 4.78 is 0. The summed E-state index contributed by atoms with van der Waals surface area (Å²) in [6.07, 6.45) is 1.22. The van der Waals surface area contributed by atoms with Crippen LogP contribution in [0.2, 0.25) is 0 Å². The molecule has 1 heterocycles. The van der Waals surface area contributed by atoms with Crippen molar-refractivity contribution >= 4 is 11.3 Å². The van der Waals surface area contributed by atoms with Gasteiger partial charge in [-0.05, 0) is 48.7 Å². The van der Waals surface area contributed by atoms with E-state index in [0.717, 1.165) is 30.8 Å². The van der Waals surface area contributed by atoms with Crippen LogP contribution < -0.4 is 5.32 Å². The molecule has 0 saturated carbocycles. The number of rotatable bonds is 7. The predicted octanol–water partition coefficient (Wildman–Crippen LogP) is 3.81. The standard InChI is InChI=1S/C14H25NS/c1-11(2)9-15-10-13(4)12(3)8-14-6-5-7-16-14/h5-7,11-13,15H,8-10H2,1-4H3. The lowest BCUT2D eigenvalue weighted by Crippen LogP contribution is -2.28. The van der Waals surface area contributed by atoms with Crippen molar-refractivity contribution < 1.29 is 0 Å². The van der Waals surface area contributed by atoms with Gasteiger partial charge in [0, 0.05) is 4.88 Å². The number of hydrogen-bond acceptors (Lipinski definition) is 2. The quantitative estimate of drug-likeness (QED) is 0.763. The minimum atomic E-state index is 0.750. The maximum Gasteiger partial charge on any atom is 0.00479 e. The molecular formula is C14H25NS. The Bertz CT molecular complexity index is 266. The number of nitrogens with one attached hydrogen (secondary N) is 1. The first kappa shape index (κ1) is 13.7. The highest BCUT2D eigenvalue weighted by atomic mass is 32.1. The van der Waals surface area contributed by atoms with Crippen molar-refractivity contribution in [2.45, 2.75) is 34.1 Å². The van der Waals surface area contributed by atoms with Crippen molar-refractivity contribution in [2.24, 2.45) is 17.8 Å². The molecule has 1 aromatic heterocycles. The lowest BCUT2D eigenvalue weighted by atomic mass is 9.92. The summed E-state index contributed by atoms with van der Waals surface area (Å²) in [5.41, 5.74) is 0. The van der Waals surface area contributed by atoms with Gasteiger partial charge in [-0.2, -0.15) is 0 Å².